The van der Waals surface area contributed by atoms with E-state index in [0.29, 0.717) is 10.6 Å². The highest BCUT2D eigenvalue weighted by molar-refractivity contribution is 6.31. The van der Waals surface area contributed by atoms with Gasteiger partial charge in [0, 0.05) is 10.6 Å². The molecule has 1 aliphatic rings. The lowest BCUT2D eigenvalue weighted by molar-refractivity contribution is -0.129. The van der Waals surface area contributed by atoms with Crippen LogP contribution in [0.1, 0.15) is 16.7 Å². The van der Waals surface area contributed by atoms with Crippen LogP contribution >= 0.6 is 11.6 Å². The summed E-state index contributed by atoms with van der Waals surface area (Å²) in [6.07, 6.45) is 1.72. The predicted molar refractivity (Wildman–Crippen MR) is 83.2 cm³/mol. The molecule has 0 N–H and O–H groups in total. The molecule has 0 bridgehead atoms. The van der Waals surface area contributed by atoms with Crippen molar-refractivity contribution < 1.29 is 9.53 Å². The van der Waals surface area contributed by atoms with Crippen molar-refractivity contribution in [2.24, 2.45) is 4.99 Å². The van der Waals surface area contributed by atoms with Crippen LogP contribution < -0.4 is 0 Å². The lowest BCUT2D eigenvalue weighted by atomic mass is 10.1. The van der Waals surface area contributed by atoms with E-state index in [1.54, 1.807) is 30.3 Å². The predicted octanol–water partition coefficient (Wildman–Crippen LogP) is 3.99. The second-order valence-corrected chi connectivity index (χ2v) is 5.20. The topological polar surface area (TPSA) is 38.7 Å². The SMILES string of the molecule is Cc1cccc(/C=C2/N=C(c3cccc(Cl)c3)OC2=O)c1. The monoisotopic (exact) mass is 297 g/mol. The molecule has 0 fully saturated rings. The Kier molecular flexibility index (Phi) is 3.59. The Bertz CT molecular complexity index is 778. The second-order valence-electron chi connectivity index (χ2n) is 4.76. The number of ether oxygens (including phenoxy) is 1. The highest BCUT2D eigenvalue weighted by Gasteiger charge is 2.24. The van der Waals surface area contributed by atoms with Gasteiger partial charge in [-0.25, -0.2) is 9.79 Å². The van der Waals surface area contributed by atoms with Crippen LogP contribution in [0.5, 0.6) is 0 Å². The average Bonchev–Trinajstić information content (AvgIpc) is 2.80. The van der Waals surface area contributed by atoms with Gasteiger partial charge in [-0.15, -0.1) is 0 Å². The number of carbonyl (C=O) groups is 1. The maximum Gasteiger partial charge on any atom is 0.363 e. The molecule has 0 spiro atoms. The highest BCUT2D eigenvalue weighted by Crippen LogP contribution is 2.21. The molecular weight excluding hydrogens is 286 g/mol. The van der Waals surface area contributed by atoms with E-state index in [1.165, 1.54) is 0 Å². The number of hydrogen-bond donors (Lipinski definition) is 0. The smallest absolute Gasteiger partial charge is 0.363 e. The molecule has 0 saturated heterocycles. The Labute approximate surface area is 127 Å². The molecule has 0 amide bonds. The van der Waals surface area contributed by atoms with Gasteiger partial charge in [-0.1, -0.05) is 47.5 Å². The Morgan fingerprint density at radius 2 is 1.95 bits per heavy atom. The lowest BCUT2D eigenvalue weighted by Gasteiger charge is -1.99. The Morgan fingerprint density at radius 3 is 2.71 bits per heavy atom. The van der Waals surface area contributed by atoms with Crippen molar-refractivity contribution in [1.29, 1.82) is 0 Å². The quantitative estimate of drug-likeness (QED) is 0.621. The maximum absolute atomic E-state index is 11.9. The van der Waals surface area contributed by atoms with Gasteiger partial charge in [0.05, 0.1) is 0 Å². The van der Waals surface area contributed by atoms with Gasteiger partial charge in [-0.3, -0.25) is 0 Å². The van der Waals surface area contributed by atoms with Crippen molar-refractivity contribution in [1.82, 2.24) is 0 Å². The van der Waals surface area contributed by atoms with Gasteiger partial charge >= 0.3 is 5.97 Å². The number of aryl methyl sites for hydroxylation is 1. The molecule has 4 heteroatoms. The first-order valence-corrected chi connectivity index (χ1v) is 6.85. The van der Waals surface area contributed by atoms with Gasteiger partial charge < -0.3 is 4.74 Å². The van der Waals surface area contributed by atoms with Crippen LogP contribution in [0.15, 0.2) is 59.2 Å². The molecule has 0 unspecified atom stereocenters. The summed E-state index contributed by atoms with van der Waals surface area (Å²) in [5.74, 6) is -0.173. The molecule has 1 aliphatic heterocycles. The fourth-order valence-electron chi connectivity index (χ4n) is 2.07. The zero-order valence-corrected chi connectivity index (χ0v) is 12.1. The average molecular weight is 298 g/mol. The summed E-state index contributed by atoms with van der Waals surface area (Å²) in [5, 5.41) is 0.572. The molecule has 2 aromatic carbocycles. The molecule has 0 aliphatic carbocycles. The summed E-state index contributed by atoms with van der Waals surface area (Å²) in [5.41, 5.74) is 3.01. The van der Waals surface area contributed by atoms with E-state index in [-0.39, 0.29) is 11.6 Å². The molecule has 0 atom stereocenters. The Morgan fingerprint density at radius 1 is 1.14 bits per heavy atom. The third-order valence-electron chi connectivity index (χ3n) is 3.04. The van der Waals surface area contributed by atoms with Crippen LogP contribution in [-0.4, -0.2) is 11.9 Å². The summed E-state index contributed by atoms with van der Waals surface area (Å²) in [7, 11) is 0. The van der Waals surface area contributed by atoms with Crippen molar-refractivity contribution in [3.63, 3.8) is 0 Å². The Hall–Kier alpha value is -2.39. The first-order chi connectivity index (χ1) is 10.1. The van der Waals surface area contributed by atoms with Crippen LogP contribution in [0.2, 0.25) is 5.02 Å². The number of aliphatic imine (C=N–C) groups is 1. The van der Waals surface area contributed by atoms with Gasteiger partial charge in [-0.2, -0.15) is 0 Å². The fraction of sp³-hybridized carbons (Fsp3) is 0.0588. The molecule has 0 radical (unpaired) electrons. The molecule has 2 aromatic rings. The number of cyclic esters (lactones) is 1. The highest BCUT2D eigenvalue weighted by atomic mass is 35.5. The van der Waals surface area contributed by atoms with Crippen LogP contribution in [0.4, 0.5) is 0 Å². The van der Waals surface area contributed by atoms with Crippen molar-refractivity contribution in [2.45, 2.75) is 6.92 Å². The minimum atomic E-state index is -0.452. The normalized spacial score (nSPS) is 16.0. The van der Waals surface area contributed by atoms with Crippen LogP contribution in [0, 0.1) is 6.92 Å². The van der Waals surface area contributed by atoms with Crippen LogP contribution in [0.25, 0.3) is 6.08 Å². The molecule has 0 saturated carbocycles. The van der Waals surface area contributed by atoms with Crippen molar-refractivity contribution in [3.8, 4) is 0 Å². The summed E-state index contributed by atoms with van der Waals surface area (Å²) in [4.78, 5) is 16.1. The number of nitrogens with zero attached hydrogens (tertiary/aromatic N) is 1. The molecule has 104 valence electrons. The van der Waals surface area contributed by atoms with Crippen molar-refractivity contribution in [3.05, 3.63) is 75.9 Å². The van der Waals surface area contributed by atoms with E-state index in [0.717, 1.165) is 11.1 Å². The van der Waals surface area contributed by atoms with Gasteiger partial charge in [0.15, 0.2) is 5.70 Å². The summed E-state index contributed by atoms with van der Waals surface area (Å²) >= 11 is 5.93. The molecule has 21 heavy (non-hydrogen) atoms. The van der Waals surface area contributed by atoms with Crippen LogP contribution in [-0.2, 0) is 9.53 Å². The summed E-state index contributed by atoms with van der Waals surface area (Å²) < 4.78 is 5.20. The minimum Gasteiger partial charge on any atom is -0.402 e. The largest absolute Gasteiger partial charge is 0.402 e. The van der Waals surface area contributed by atoms with E-state index in [9.17, 15) is 4.79 Å². The maximum atomic E-state index is 11.9. The molecule has 1 heterocycles. The number of carbonyl (C=O) groups excluding carboxylic acids is 1. The number of esters is 1. The third kappa shape index (κ3) is 3.03. The van der Waals surface area contributed by atoms with Crippen molar-refractivity contribution in [2.75, 3.05) is 0 Å². The lowest BCUT2D eigenvalue weighted by Crippen LogP contribution is -2.05. The fourth-order valence-corrected chi connectivity index (χ4v) is 2.26. The molecule has 0 aromatic heterocycles. The number of hydrogen-bond acceptors (Lipinski definition) is 3. The molecule has 3 rings (SSSR count). The number of halogens is 1. The Balaban J connectivity index is 1.95. The zero-order chi connectivity index (χ0) is 14.8. The van der Waals surface area contributed by atoms with Gasteiger partial charge in [0.1, 0.15) is 0 Å². The van der Waals surface area contributed by atoms with Crippen LogP contribution in [0.3, 0.4) is 0 Å². The van der Waals surface area contributed by atoms with E-state index in [1.807, 2.05) is 31.2 Å². The zero-order valence-electron chi connectivity index (χ0n) is 11.3. The molecular formula is C17H12ClNO2. The van der Waals surface area contributed by atoms with E-state index < -0.39 is 5.97 Å². The first kappa shape index (κ1) is 13.6. The number of rotatable bonds is 2. The van der Waals surface area contributed by atoms with Gasteiger partial charge in [0.2, 0.25) is 5.90 Å². The van der Waals surface area contributed by atoms with E-state index in [2.05, 4.69) is 4.99 Å². The van der Waals surface area contributed by atoms with Crippen molar-refractivity contribution >= 4 is 29.5 Å². The van der Waals surface area contributed by atoms with E-state index in [4.69, 9.17) is 16.3 Å². The van der Waals surface area contributed by atoms with Gasteiger partial charge in [0.25, 0.3) is 0 Å². The molecule has 3 nitrogen and oxygen atoms in total. The third-order valence-corrected chi connectivity index (χ3v) is 3.27. The summed E-state index contributed by atoms with van der Waals surface area (Å²) in [6, 6.07) is 14.9. The first-order valence-electron chi connectivity index (χ1n) is 6.47. The number of benzene rings is 2. The minimum absolute atomic E-state index is 0.279. The standard InChI is InChI=1S/C17H12ClNO2/c1-11-4-2-5-12(8-11)9-15-17(20)21-16(19-15)13-6-3-7-14(18)10-13/h2-10H,1H3/b15-9+. The van der Waals surface area contributed by atoms with E-state index >= 15 is 0 Å². The second kappa shape index (κ2) is 5.54. The summed E-state index contributed by atoms with van der Waals surface area (Å²) in [6.45, 7) is 2.00. The van der Waals surface area contributed by atoms with Gasteiger partial charge in [-0.05, 0) is 36.8 Å².